The fourth-order valence-electron chi connectivity index (χ4n) is 1.32. The first-order valence-corrected chi connectivity index (χ1v) is 4.89. The molecular formula is C9H17N3O2. The second kappa shape index (κ2) is 4.95. The molecule has 0 bridgehead atoms. The van der Waals surface area contributed by atoms with Gasteiger partial charge in [0.2, 0.25) is 11.8 Å². The number of amides is 2. The van der Waals surface area contributed by atoms with E-state index in [4.69, 9.17) is 0 Å². The van der Waals surface area contributed by atoms with Crippen LogP contribution in [0.25, 0.3) is 0 Å². The van der Waals surface area contributed by atoms with Crippen LogP contribution in [0, 0.1) is 5.92 Å². The molecule has 80 valence electrons. The lowest BCUT2D eigenvalue weighted by Crippen LogP contribution is -2.53. The molecule has 0 unspecified atom stereocenters. The molecule has 0 atom stereocenters. The van der Waals surface area contributed by atoms with Gasteiger partial charge in [0, 0.05) is 26.7 Å². The first kappa shape index (κ1) is 11.0. The van der Waals surface area contributed by atoms with Crippen LogP contribution in [0.5, 0.6) is 0 Å². The largest absolute Gasteiger partial charge is 0.358 e. The van der Waals surface area contributed by atoms with E-state index in [0.29, 0.717) is 6.54 Å². The minimum Gasteiger partial charge on any atom is -0.358 e. The molecular weight excluding hydrogens is 182 g/mol. The molecule has 14 heavy (non-hydrogen) atoms. The Kier molecular flexibility index (Phi) is 3.88. The van der Waals surface area contributed by atoms with Crippen molar-refractivity contribution in [2.24, 2.45) is 5.92 Å². The Morgan fingerprint density at radius 1 is 1.50 bits per heavy atom. The summed E-state index contributed by atoms with van der Waals surface area (Å²) in [6, 6.07) is 0. The van der Waals surface area contributed by atoms with Crippen LogP contribution in [-0.4, -0.2) is 49.9 Å². The number of nitrogens with zero attached hydrogens (tertiary/aromatic N) is 1. The summed E-state index contributed by atoms with van der Waals surface area (Å²) in [4.78, 5) is 24.4. The highest BCUT2D eigenvalue weighted by atomic mass is 16.2. The molecule has 5 heteroatoms. The molecule has 1 aliphatic rings. The lowest BCUT2D eigenvalue weighted by Gasteiger charge is -2.31. The molecule has 0 spiro atoms. The molecule has 0 saturated carbocycles. The Morgan fingerprint density at radius 3 is 2.50 bits per heavy atom. The molecule has 0 aromatic rings. The van der Waals surface area contributed by atoms with Gasteiger partial charge in [-0.15, -0.1) is 0 Å². The molecule has 1 fully saturated rings. The minimum absolute atomic E-state index is 0.0691. The van der Waals surface area contributed by atoms with Crippen molar-refractivity contribution in [3.05, 3.63) is 0 Å². The van der Waals surface area contributed by atoms with Crippen LogP contribution in [0.3, 0.4) is 0 Å². The van der Waals surface area contributed by atoms with Crippen molar-refractivity contribution >= 4 is 11.8 Å². The Balaban J connectivity index is 2.43. The van der Waals surface area contributed by atoms with Gasteiger partial charge in [0.1, 0.15) is 0 Å². The molecule has 0 radical (unpaired) electrons. The first-order chi connectivity index (χ1) is 6.69. The molecule has 1 rings (SSSR count). The third kappa shape index (κ3) is 2.45. The molecule has 5 nitrogen and oxygen atoms in total. The monoisotopic (exact) mass is 199 g/mol. The molecule has 1 saturated heterocycles. The molecule has 0 aliphatic carbocycles. The van der Waals surface area contributed by atoms with Crippen molar-refractivity contribution in [3.63, 3.8) is 0 Å². The number of likely N-dealkylation sites (N-methyl/N-ethyl adjacent to an activating group) is 2. The number of hydrogen-bond acceptors (Lipinski definition) is 3. The Hall–Kier alpha value is -1.10. The highest BCUT2D eigenvalue weighted by molar-refractivity contribution is 5.86. The number of rotatable bonds is 4. The van der Waals surface area contributed by atoms with E-state index in [9.17, 15) is 9.59 Å². The van der Waals surface area contributed by atoms with E-state index in [1.807, 2.05) is 6.92 Å². The van der Waals surface area contributed by atoms with Gasteiger partial charge in [-0.3, -0.25) is 9.59 Å². The zero-order valence-corrected chi connectivity index (χ0v) is 8.67. The van der Waals surface area contributed by atoms with Crippen molar-refractivity contribution in [1.82, 2.24) is 15.5 Å². The number of nitrogens with one attached hydrogen (secondary N) is 2. The van der Waals surface area contributed by atoms with Crippen LogP contribution in [0.1, 0.15) is 6.92 Å². The Morgan fingerprint density at radius 2 is 2.14 bits per heavy atom. The molecule has 1 heterocycles. The third-order valence-electron chi connectivity index (χ3n) is 2.44. The van der Waals surface area contributed by atoms with Gasteiger partial charge in [-0.25, -0.2) is 0 Å². The third-order valence-corrected chi connectivity index (χ3v) is 2.44. The highest BCUT2D eigenvalue weighted by Crippen LogP contribution is 2.07. The standard InChI is InChI=1S/C9H17N3O2/c1-3-12(6-8(13)10-2)9(14)7-4-11-5-7/h7,11H,3-6H2,1-2H3,(H,10,13). The Bertz CT molecular complexity index is 226. The second-order valence-corrected chi connectivity index (χ2v) is 3.38. The van der Waals surface area contributed by atoms with Crippen LogP contribution < -0.4 is 10.6 Å². The summed E-state index contributed by atoms with van der Waals surface area (Å²) >= 11 is 0. The minimum atomic E-state index is -0.118. The van der Waals surface area contributed by atoms with E-state index < -0.39 is 0 Å². The van der Waals surface area contributed by atoms with Gasteiger partial charge >= 0.3 is 0 Å². The maximum absolute atomic E-state index is 11.7. The predicted molar refractivity (Wildman–Crippen MR) is 52.7 cm³/mol. The molecule has 0 aromatic heterocycles. The lowest BCUT2D eigenvalue weighted by molar-refractivity contribution is -0.140. The van der Waals surface area contributed by atoms with Crippen molar-refractivity contribution in [1.29, 1.82) is 0 Å². The van der Waals surface area contributed by atoms with Crippen LogP contribution >= 0.6 is 0 Å². The molecule has 1 aliphatic heterocycles. The summed E-state index contributed by atoms with van der Waals surface area (Å²) in [7, 11) is 1.57. The molecule has 0 aromatic carbocycles. The Labute approximate surface area is 83.8 Å². The quantitative estimate of drug-likeness (QED) is 0.598. The van der Waals surface area contributed by atoms with Crippen molar-refractivity contribution in [2.75, 3.05) is 33.2 Å². The van der Waals surface area contributed by atoms with Gasteiger partial charge in [-0.05, 0) is 6.92 Å². The molecule has 2 N–H and O–H groups in total. The van der Waals surface area contributed by atoms with Gasteiger partial charge in [-0.1, -0.05) is 0 Å². The average Bonchev–Trinajstić information content (AvgIpc) is 2.10. The fraction of sp³-hybridized carbons (Fsp3) is 0.778. The lowest BCUT2D eigenvalue weighted by atomic mass is 10.0. The normalized spacial score (nSPS) is 15.9. The number of hydrogen-bond donors (Lipinski definition) is 2. The summed E-state index contributed by atoms with van der Waals surface area (Å²) in [6.07, 6.45) is 0. The summed E-state index contributed by atoms with van der Waals surface area (Å²) in [5.41, 5.74) is 0. The van der Waals surface area contributed by atoms with Gasteiger partial charge in [0.25, 0.3) is 0 Å². The smallest absolute Gasteiger partial charge is 0.239 e. The highest BCUT2D eigenvalue weighted by Gasteiger charge is 2.29. The maximum atomic E-state index is 11.7. The summed E-state index contributed by atoms with van der Waals surface area (Å²) in [6.45, 7) is 4.12. The van der Waals surface area contributed by atoms with Gasteiger partial charge in [0.05, 0.1) is 12.5 Å². The van der Waals surface area contributed by atoms with Gasteiger partial charge in [0.15, 0.2) is 0 Å². The molecule has 2 amide bonds. The first-order valence-electron chi connectivity index (χ1n) is 4.89. The summed E-state index contributed by atoms with van der Waals surface area (Å²) < 4.78 is 0. The van der Waals surface area contributed by atoms with E-state index in [0.717, 1.165) is 13.1 Å². The number of carbonyl (C=O) groups excluding carboxylic acids is 2. The van der Waals surface area contributed by atoms with E-state index in [2.05, 4.69) is 10.6 Å². The van der Waals surface area contributed by atoms with Crippen LogP contribution in [0.4, 0.5) is 0 Å². The van der Waals surface area contributed by atoms with Gasteiger partial charge in [-0.2, -0.15) is 0 Å². The van der Waals surface area contributed by atoms with Gasteiger partial charge < -0.3 is 15.5 Å². The zero-order valence-electron chi connectivity index (χ0n) is 8.67. The van der Waals surface area contributed by atoms with E-state index >= 15 is 0 Å². The summed E-state index contributed by atoms with van der Waals surface area (Å²) in [5, 5.41) is 5.55. The van der Waals surface area contributed by atoms with Crippen molar-refractivity contribution in [3.8, 4) is 0 Å². The van der Waals surface area contributed by atoms with Crippen LogP contribution in [0.2, 0.25) is 0 Å². The summed E-state index contributed by atoms with van der Waals surface area (Å²) in [5.74, 6) is 0.0296. The fourth-order valence-corrected chi connectivity index (χ4v) is 1.32. The second-order valence-electron chi connectivity index (χ2n) is 3.38. The van der Waals surface area contributed by atoms with Crippen molar-refractivity contribution < 1.29 is 9.59 Å². The average molecular weight is 199 g/mol. The van der Waals surface area contributed by atoms with E-state index in [1.165, 1.54) is 0 Å². The van der Waals surface area contributed by atoms with Crippen LogP contribution in [-0.2, 0) is 9.59 Å². The predicted octanol–water partition coefficient (Wildman–Crippen LogP) is -1.20. The van der Waals surface area contributed by atoms with Crippen molar-refractivity contribution in [2.45, 2.75) is 6.92 Å². The van der Waals surface area contributed by atoms with Crippen LogP contribution in [0.15, 0.2) is 0 Å². The van der Waals surface area contributed by atoms with E-state index in [-0.39, 0.29) is 24.3 Å². The zero-order chi connectivity index (χ0) is 10.6. The SMILES string of the molecule is CCN(CC(=O)NC)C(=O)C1CNC1. The topological polar surface area (TPSA) is 61.4 Å². The van der Waals surface area contributed by atoms with E-state index in [1.54, 1.807) is 11.9 Å². The maximum Gasteiger partial charge on any atom is 0.239 e. The number of carbonyl (C=O) groups is 2.